The van der Waals surface area contributed by atoms with Crippen LogP contribution in [0.25, 0.3) is 0 Å². The van der Waals surface area contributed by atoms with Gasteiger partial charge in [0.05, 0.1) is 10.5 Å². The van der Waals surface area contributed by atoms with E-state index in [1.54, 1.807) is 0 Å². The Bertz CT molecular complexity index is 377. The first-order valence-corrected chi connectivity index (χ1v) is 6.94. The highest BCUT2D eigenvalue weighted by atomic mass is 32.1. The third-order valence-corrected chi connectivity index (χ3v) is 5.60. The van der Waals surface area contributed by atoms with Gasteiger partial charge in [-0.3, -0.25) is 4.79 Å². The topological polar surface area (TPSA) is 55.1 Å². The Morgan fingerprint density at radius 3 is 2.29 bits per heavy atom. The molecule has 2 bridgehead atoms. The average molecular weight is 252 g/mol. The van der Waals surface area contributed by atoms with E-state index in [-0.39, 0.29) is 11.8 Å². The van der Waals surface area contributed by atoms with Gasteiger partial charge < -0.3 is 11.1 Å². The Labute approximate surface area is 108 Å². The summed E-state index contributed by atoms with van der Waals surface area (Å²) in [6.07, 6.45) is 4.06. The van der Waals surface area contributed by atoms with Gasteiger partial charge in [0.15, 0.2) is 0 Å². The van der Waals surface area contributed by atoms with E-state index in [0.29, 0.717) is 16.8 Å². The molecule has 4 atom stereocenters. The molecule has 0 aromatic rings. The normalized spacial score (nSPS) is 42.1. The van der Waals surface area contributed by atoms with Crippen LogP contribution in [0.15, 0.2) is 0 Å². The van der Waals surface area contributed by atoms with E-state index in [2.05, 4.69) is 5.32 Å². The molecule has 4 unspecified atom stereocenters. The fourth-order valence-electron chi connectivity index (χ4n) is 4.13. The van der Waals surface area contributed by atoms with E-state index < -0.39 is 5.54 Å². The minimum Gasteiger partial charge on any atom is -0.391 e. The van der Waals surface area contributed by atoms with Gasteiger partial charge >= 0.3 is 0 Å². The van der Waals surface area contributed by atoms with Gasteiger partial charge in [-0.25, -0.2) is 0 Å². The summed E-state index contributed by atoms with van der Waals surface area (Å²) >= 11 is 4.98. The van der Waals surface area contributed by atoms with Crippen LogP contribution in [-0.2, 0) is 4.79 Å². The van der Waals surface area contributed by atoms with Gasteiger partial charge in [-0.05, 0) is 56.8 Å². The maximum Gasteiger partial charge on any atom is 0.224 e. The first-order valence-electron chi connectivity index (χ1n) is 6.54. The third kappa shape index (κ3) is 1.60. The van der Waals surface area contributed by atoms with Crippen LogP contribution >= 0.6 is 12.2 Å². The zero-order chi connectivity index (χ0) is 12.4. The summed E-state index contributed by atoms with van der Waals surface area (Å²) in [6.45, 7) is 3.75. The molecule has 3 saturated carbocycles. The van der Waals surface area contributed by atoms with Crippen molar-refractivity contribution >= 4 is 23.1 Å². The number of nitrogens with one attached hydrogen (secondary N) is 1. The molecule has 3 N–H and O–H groups in total. The fourth-order valence-corrected chi connectivity index (χ4v) is 4.18. The van der Waals surface area contributed by atoms with Crippen LogP contribution in [0.4, 0.5) is 0 Å². The van der Waals surface area contributed by atoms with Crippen molar-refractivity contribution in [3.05, 3.63) is 0 Å². The Hall–Kier alpha value is -0.640. The second-order valence-corrected chi connectivity index (χ2v) is 6.93. The summed E-state index contributed by atoms with van der Waals surface area (Å²) in [7, 11) is 0. The lowest BCUT2D eigenvalue weighted by Gasteiger charge is -2.25. The average Bonchev–Trinajstić information content (AvgIpc) is 2.68. The molecule has 0 aromatic heterocycles. The molecule has 3 fully saturated rings. The van der Waals surface area contributed by atoms with Crippen molar-refractivity contribution in [2.45, 2.75) is 38.6 Å². The molecule has 0 radical (unpaired) electrons. The van der Waals surface area contributed by atoms with Crippen molar-refractivity contribution in [3.8, 4) is 0 Å². The number of hydrogen-bond donors (Lipinski definition) is 2. The predicted molar refractivity (Wildman–Crippen MR) is 70.3 cm³/mol. The Morgan fingerprint density at radius 1 is 1.29 bits per heavy atom. The zero-order valence-electron chi connectivity index (χ0n) is 10.4. The van der Waals surface area contributed by atoms with E-state index in [1.807, 2.05) is 13.8 Å². The van der Waals surface area contributed by atoms with Gasteiger partial charge in [-0.15, -0.1) is 0 Å². The summed E-state index contributed by atoms with van der Waals surface area (Å²) in [5, 5.41) is 3.01. The minimum atomic E-state index is -0.553. The number of fused-ring (bicyclic) bond motifs is 5. The van der Waals surface area contributed by atoms with Crippen LogP contribution in [0.5, 0.6) is 0 Å². The van der Waals surface area contributed by atoms with Crippen LogP contribution < -0.4 is 11.1 Å². The summed E-state index contributed by atoms with van der Waals surface area (Å²) < 4.78 is 0. The monoisotopic (exact) mass is 252 g/mol. The van der Waals surface area contributed by atoms with Crippen molar-refractivity contribution in [1.29, 1.82) is 0 Å². The lowest BCUT2D eigenvalue weighted by Crippen LogP contribution is -2.53. The minimum absolute atomic E-state index is 0.175. The second-order valence-electron chi connectivity index (χ2n) is 6.49. The van der Waals surface area contributed by atoms with E-state index in [4.69, 9.17) is 18.0 Å². The summed E-state index contributed by atoms with van der Waals surface area (Å²) in [4.78, 5) is 12.6. The van der Waals surface area contributed by atoms with Crippen molar-refractivity contribution in [3.63, 3.8) is 0 Å². The van der Waals surface area contributed by atoms with Crippen LogP contribution in [0, 0.1) is 29.6 Å². The summed E-state index contributed by atoms with van der Waals surface area (Å²) in [6, 6.07) is 0. The van der Waals surface area contributed by atoms with Crippen LogP contribution in [-0.4, -0.2) is 16.4 Å². The first-order chi connectivity index (χ1) is 7.92. The van der Waals surface area contributed by atoms with Gasteiger partial charge in [-0.2, -0.15) is 0 Å². The Morgan fingerprint density at radius 2 is 1.82 bits per heavy atom. The van der Waals surface area contributed by atoms with Crippen LogP contribution in [0.3, 0.4) is 0 Å². The molecule has 0 aromatic carbocycles. The van der Waals surface area contributed by atoms with E-state index in [1.165, 1.54) is 19.3 Å². The maximum atomic E-state index is 12.2. The first kappa shape index (κ1) is 11.5. The number of carbonyl (C=O) groups is 1. The molecule has 0 heterocycles. The molecule has 3 aliphatic rings. The van der Waals surface area contributed by atoms with Crippen LogP contribution in [0.2, 0.25) is 0 Å². The third-order valence-electron chi connectivity index (χ3n) is 5.09. The molecule has 17 heavy (non-hydrogen) atoms. The van der Waals surface area contributed by atoms with Crippen molar-refractivity contribution in [1.82, 2.24) is 5.32 Å². The second kappa shape index (κ2) is 3.44. The van der Waals surface area contributed by atoms with E-state index in [0.717, 1.165) is 11.8 Å². The Balaban J connectivity index is 1.65. The lowest BCUT2D eigenvalue weighted by atomic mass is 10.00. The zero-order valence-corrected chi connectivity index (χ0v) is 11.2. The van der Waals surface area contributed by atoms with Crippen LogP contribution in [0.1, 0.15) is 33.1 Å². The fraction of sp³-hybridized carbons (Fsp3) is 0.846. The molecule has 0 saturated heterocycles. The van der Waals surface area contributed by atoms with Gasteiger partial charge in [-0.1, -0.05) is 12.2 Å². The molecule has 0 spiro atoms. The van der Waals surface area contributed by atoms with Gasteiger partial charge in [0, 0.05) is 5.92 Å². The van der Waals surface area contributed by atoms with E-state index in [9.17, 15) is 4.79 Å². The summed E-state index contributed by atoms with van der Waals surface area (Å²) in [5.41, 5.74) is 5.09. The van der Waals surface area contributed by atoms with Gasteiger partial charge in [0.25, 0.3) is 0 Å². The highest BCUT2D eigenvalue weighted by molar-refractivity contribution is 7.80. The molecule has 1 amide bonds. The molecule has 3 rings (SSSR count). The standard InChI is InChI=1S/C13H20N2OS/c1-13(2,12(14)17)15-11(16)10-8-6-3-4-7(5-6)9(8)10/h6-10H,3-5H2,1-2H3,(H2,14,17)(H,15,16). The highest BCUT2D eigenvalue weighted by Gasteiger charge is 2.67. The summed E-state index contributed by atoms with van der Waals surface area (Å²) in [5.74, 6) is 3.44. The van der Waals surface area contributed by atoms with Gasteiger partial charge in [0.2, 0.25) is 5.91 Å². The maximum absolute atomic E-state index is 12.2. The number of amides is 1. The largest absolute Gasteiger partial charge is 0.391 e. The Kier molecular flexibility index (Phi) is 2.31. The lowest BCUT2D eigenvalue weighted by molar-refractivity contribution is -0.124. The quantitative estimate of drug-likeness (QED) is 0.748. The number of rotatable bonds is 3. The number of thiocarbonyl (C=S) groups is 1. The van der Waals surface area contributed by atoms with Crippen molar-refractivity contribution in [2.75, 3.05) is 0 Å². The predicted octanol–water partition coefficient (Wildman–Crippen LogP) is 1.46. The number of carbonyl (C=O) groups excluding carboxylic acids is 1. The number of nitrogens with two attached hydrogens (primary N) is 1. The molecule has 0 aliphatic heterocycles. The highest BCUT2D eigenvalue weighted by Crippen LogP contribution is 2.69. The van der Waals surface area contributed by atoms with Gasteiger partial charge in [0.1, 0.15) is 0 Å². The molecular weight excluding hydrogens is 232 g/mol. The van der Waals surface area contributed by atoms with Crippen molar-refractivity contribution in [2.24, 2.45) is 35.3 Å². The number of hydrogen-bond acceptors (Lipinski definition) is 2. The molecular formula is C13H20N2OS. The molecule has 94 valence electrons. The smallest absolute Gasteiger partial charge is 0.224 e. The SMILES string of the molecule is CC(C)(NC(=O)C1C2C3CCC(C3)C12)C(N)=S. The molecule has 4 heteroatoms. The molecule has 3 nitrogen and oxygen atoms in total. The van der Waals surface area contributed by atoms with Crippen molar-refractivity contribution < 1.29 is 4.79 Å². The van der Waals surface area contributed by atoms with E-state index >= 15 is 0 Å². The molecule has 3 aliphatic carbocycles.